The highest BCUT2D eigenvalue weighted by molar-refractivity contribution is 5.96. The zero-order chi connectivity index (χ0) is 24.5. The van der Waals surface area contributed by atoms with Crippen LogP contribution >= 0.6 is 0 Å². The summed E-state index contributed by atoms with van der Waals surface area (Å²) < 4.78 is 10.1. The Morgan fingerprint density at radius 3 is 2.50 bits per heavy atom. The molecular formula is C25H31N3O6. The molecule has 3 rings (SSSR count). The Morgan fingerprint density at radius 1 is 1.12 bits per heavy atom. The predicted molar refractivity (Wildman–Crippen MR) is 124 cm³/mol. The molecule has 1 heterocycles. The van der Waals surface area contributed by atoms with Gasteiger partial charge in [0.2, 0.25) is 11.8 Å². The van der Waals surface area contributed by atoms with E-state index in [0.717, 1.165) is 31.2 Å². The number of esters is 1. The molecule has 0 saturated heterocycles. The molecule has 34 heavy (non-hydrogen) atoms. The van der Waals surface area contributed by atoms with Gasteiger partial charge in [-0.05, 0) is 49.9 Å². The molecule has 1 aliphatic rings. The van der Waals surface area contributed by atoms with Gasteiger partial charge in [-0.25, -0.2) is 0 Å². The summed E-state index contributed by atoms with van der Waals surface area (Å²) >= 11 is 0. The number of carbonyl (C=O) groups excluding carboxylic acids is 4. The van der Waals surface area contributed by atoms with E-state index in [1.165, 1.54) is 17.2 Å². The van der Waals surface area contributed by atoms with E-state index in [2.05, 4.69) is 10.6 Å². The summed E-state index contributed by atoms with van der Waals surface area (Å²) in [4.78, 5) is 52.7. The molecule has 0 unspecified atom stereocenters. The zero-order valence-corrected chi connectivity index (χ0v) is 19.5. The van der Waals surface area contributed by atoms with Crippen LogP contribution in [0.1, 0.15) is 60.3 Å². The quantitative estimate of drug-likeness (QED) is 0.516. The van der Waals surface area contributed by atoms with E-state index in [-0.39, 0.29) is 24.3 Å². The van der Waals surface area contributed by atoms with Crippen LogP contribution in [0.25, 0.3) is 0 Å². The van der Waals surface area contributed by atoms with Crippen molar-refractivity contribution in [2.75, 3.05) is 19.7 Å². The number of nitrogens with one attached hydrogen (secondary N) is 2. The van der Waals surface area contributed by atoms with Gasteiger partial charge in [0.15, 0.2) is 5.76 Å². The van der Waals surface area contributed by atoms with Crippen LogP contribution in [-0.2, 0) is 19.1 Å². The summed E-state index contributed by atoms with van der Waals surface area (Å²) in [7, 11) is 0. The first kappa shape index (κ1) is 25.0. The lowest BCUT2D eigenvalue weighted by molar-refractivity contribution is -0.152. The van der Waals surface area contributed by atoms with E-state index in [4.69, 9.17) is 9.15 Å². The van der Waals surface area contributed by atoms with E-state index < -0.39 is 36.9 Å². The van der Waals surface area contributed by atoms with Gasteiger partial charge in [-0.15, -0.1) is 0 Å². The minimum absolute atomic E-state index is 0.0252. The molecule has 0 radical (unpaired) electrons. The van der Waals surface area contributed by atoms with Crippen LogP contribution in [0.4, 0.5) is 0 Å². The van der Waals surface area contributed by atoms with E-state index in [9.17, 15) is 19.2 Å². The normalized spacial score (nSPS) is 14.3. The summed E-state index contributed by atoms with van der Waals surface area (Å²) in [6.07, 6.45) is 5.16. The van der Waals surface area contributed by atoms with Crippen LogP contribution in [0.2, 0.25) is 0 Å². The van der Waals surface area contributed by atoms with Crippen molar-refractivity contribution in [2.24, 2.45) is 0 Å². The molecule has 1 aliphatic carbocycles. The third kappa shape index (κ3) is 6.46. The van der Waals surface area contributed by atoms with Crippen molar-refractivity contribution >= 4 is 23.7 Å². The summed E-state index contributed by atoms with van der Waals surface area (Å²) in [5.41, 5.74) is 1.41. The standard InChI is InChI=1S/C25H31N3O6/c1-3-33-22(30)16-28(21(29)15-26-24(31)20-13-8-14-34-20)23(19-12-7-4-9-17(19)2)25(32)27-18-10-5-6-11-18/h4,7-9,12-14,18,23H,3,5-6,10-11,15-16H2,1-2H3,(H,26,31)(H,27,32)/t23-/m1/s1. The lowest BCUT2D eigenvalue weighted by atomic mass is 9.98. The van der Waals surface area contributed by atoms with Gasteiger partial charge in [0.25, 0.3) is 5.91 Å². The number of carbonyl (C=O) groups is 4. The van der Waals surface area contributed by atoms with Gasteiger partial charge >= 0.3 is 5.97 Å². The minimum atomic E-state index is -1.06. The van der Waals surface area contributed by atoms with Gasteiger partial charge in [-0.3, -0.25) is 19.2 Å². The Labute approximate surface area is 198 Å². The van der Waals surface area contributed by atoms with Crippen LogP contribution in [-0.4, -0.2) is 54.3 Å². The Bertz CT molecular complexity index is 998. The van der Waals surface area contributed by atoms with Crippen molar-refractivity contribution in [1.82, 2.24) is 15.5 Å². The van der Waals surface area contributed by atoms with Crippen LogP contribution in [0.3, 0.4) is 0 Å². The van der Waals surface area contributed by atoms with E-state index >= 15 is 0 Å². The molecule has 1 aromatic carbocycles. The molecule has 2 aromatic rings. The summed E-state index contributed by atoms with van der Waals surface area (Å²) in [6, 6.07) is 9.23. The molecule has 9 heteroatoms. The average Bonchev–Trinajstić information content (AvgIpc) is 3.53. The smallest absolute Gasteiger partial charge is 0.325 e. The lowest BCUT2D eigenvalue weighted by Crippen LogP contribution is -2.50. The maximum Gasteiger partial charge on any atom is 0.325 e. The first-order chi connectivity index (χ1) is 16.4. The Morgan fingerprint density at radius 2 is 1.85 bits per heavy atom. The molecule has 2 N–H and O–H groups in total. The number of aryl methyl sites for hydroxylation is 1. The van der Waals surface area contributed by atoms with Gasteiger partial charge in [-0.2, -0.15) is 0 Å². The SMILES string of the molecule is CCOC(=O)CN(C(=O)CNC(=O)c1ccco1)[C@@H](C(=O)NC1CCCC1)c1ccccc1C. The number of nitrogens with zero attached hydrogens (tertiary/aromatic N) is 1. The Balaban J connectivity index is 1.88. The molecule has 1 aromatic heterocycles. The first-order valence-electron chi connectivity index (χ1n) is 11.5. The highest BCUT2D eigenvalue weighted by Crippen LogP contribution is 2.26. The van der Waals surface area contributed by atoms with Gasteiger partial charge < -0.3 is 24.7 Å². The molecule has 1 saturated carbocycles. The Kier molecular flexibility index (Phi) is 8.84. The van der Waals surface area contributed by atoms with Crippen LogP contribution in [0.5, 0.6) is 0 Å². The largest absolute Gasteiger partial charge is 0.465 e. The number of hydrogen-bond donors (Lipinski definition) is 2. The van der Waals surface area contributed by atoms with Crippen molar-refractivity contribution in [1.29, 1.82) is 0 Å². The van der Waals surface area contributed by atoms with Gasteiger partial charge in [0.1, 0.15) is 12.6 Å². The van der Waals surface area contributed by atoms with Gasteiger partial charge in [0.05, 0.1) is 19.4 Å². The average molecular weight is 470 g/mol. The monoisotopic (exact) mass is 469 g/mol. The molecule has 1 atom stereocenters. The summed E-state index contributed by atoms with van der Waals surface area (Å²) in [6.45, 7) is 2.80. The second-order valence-electron chi connectivity index (χ2n) is 8.24. The highest BCUT2D eigenvalue weighted by Gasteiger charge is 2.35. The molecule has 0 bridgehead atoms. The second-order valence-corrected chi connectivity index (χ2v) is 8.24. The van der Waals surface area contributed by atoms with E-state index in [1.54, 1.807) is 25.1 Å². The highest BCUT2D eigenvalue weighted by atomic mass is 16.5. The molecule has 1 fully saturated rings. The molecule has 182 valence electrons. The van der Waals surface area contributed by atoms with Crippen molar-refractivity contribution in [3.05, 3.63) is 59.5 Å². The number of hydrogen-bond acceptors (Lipinski definition) is 6. The van der Waals surface area contributed by atoms with Crippen LogP contribution < -0.4 is 10.6 Å². The topological polar surface area (TPSA) is 118 Å². The van der Waals surface area contributed by atoms with Crippen LogP contribution in [0.15, 0.2) is 47.1 Å². The fraction of sp³-hybridized carbons (Fsp3) is 0.440. The molecule has 0 spiro atoms. The Hall–Kier alpha value is -3.62. The summed E-state index contributed by atoms with van der Waals surface area (Å²) in [5.74, 6) is -2.11. The fourth-order valence-electron chi connectivity index (χ4n) is 4.12. The van der Waals surface area contributed by atoms with E-state index in [0.29, 0.717) is 5.56 Å². The third-order valence-corrected chi connectivity index (χ3v) is 5.81. The zero-order valence-electron chi connectivity index (χ0n) is 19.5. The van der Waals surface area contributed by atoms with E-state index in [1.807, 2.05) is 19.1 Å². The van der Waals surface area contributed by atoms with Crippen molar-refractivity contribution < 1.29 is 28.3 Å². The predicted octanol–water partition coefficient (Wildman–Crippen LogP) is 2.51. The maximum atomic E-state index is 13.5. The number of rotatable bonds is 10. The van der Waals surface area contributed by atoms with Gasteiger partial charge in [-0.1, -0.05) is 37.1 Å². The number of ether oxygens (including phenoxy) is 1. The third-order valence-electron chi connectivity index (χ3n) is 5.81. The first-order valence-corrected chi connectivity index (χ1v) is 11.5. The van der Waals surface area contributed by atoms with Crippen molar-refractivity contribution in [3.8, 4) is 0 Å². The maximum absolute atomic E-state index is 13.5. The lowest BCUT2D eigenvalue weighted by Gasteiger charge is -2.32. The number of benzene rings is 1. The minimum Gasteiger partial charge on any atom is -0.465 e. The number of amides is 3. The van der Waals surface area contributed by atoms with Crippen molar-refractivity contribution in [3.63, 3.8) is 0 Å². The number of furan rings is 1. The second kappa shape index (κ2) is 12.0. The van der Waals surface area contributed by atoms with Crippen LogP contribution in [0, 0.1) is 6.92 Å². The molecule has 3 amide bonds. The fourth-order valence-corrected chi connectivity index (χ4v) is 4.12. The molecular weight excluding hydrogens is 438 g/mol. The molecule has 0 aliphatic heterocycles. The summed E-state index contributed by atoms with van der Waals surface area (Å²) in [5, 5.41) is 5.54. The molecule has 9 nitrogen and oxygen atoms in total. The van der Waals surface area contributed by atoms with Crippen molar-refractivity contribution in [2.45, 2.75) is 51.6 Å². The van der Waals surface area contributed by atoms with Gasteiger partial charge in [0, 0.05) is 6.04 Å².